The van der Waals surface area contributed by atoms with Crippen LogP contribution in [0, 0.1) is 0 Å². The minimum atomic E-state index is -0.773. The van der Waals surface area contributed by atoms with Crippen molar-refractivity contribution in [1.29, 1.82) is 0 Å². The molecule has 2 fully saturated rings. The number of benzene rings is 1. The number of hydrogen-bond donors (Lipinski definition) is 2. The molecule has 7 heteroatoms. The zero-order valence-electron chi connectivity index (χ0n) is 13.8. The summed E-state index contributed by atoms with van der Waals surface area (Å²) in [5.41, 5.74) is 0.759. The number of amides is 2. The number of carbonyl (C=O) groups is 2. The van der Waals surface area contributed by atoms with Crippen LogP contribution in [0.5, 0.6) is 0 Å². The van der Waals surface area contributed by atoms with Crippen LogP contribution >= 0.6 is 12.4 Å². The fourth-order valence-corrected chi connectivity index (χ4v) is 3.27. The number of carbonyl (C=O) groups excluding carboxylic acids is 2. The van der Waals surface area contributed by atoms with Gasteiger partial charge in [-0.05, 0) is 50.6 Å². The van der Waals surface area contributed by atoms with Crippen LogP contribution in [-0.2, 0) is 14.3 Å². The van der Waals surface area contributed by atoms with Gasteiger partial charge in [0.05, 0.1) is 0 Å². The van der Waals surface area contributed by atoms with Crippen molar-refractivity contribution >= 4 is 35.6 Å². The number of methoxy groups -OCH3 is 1. The molecule has 0 unspecified atom stereocenters. The maximum atomic E-state index is 12.7. The van der Waals surface area contributed by atoms with E-state index in [0.29, 0.717) is 24.9 Å². The van der Waals surface area contributed by atoms with Crippen molar-refractivity contribution in [2.45, 2.75) is 31.3 Å². The van der Waals surface area contributed by atoms with Gasteiger partial charge in [0.2, 0.25) is 5.91 Å². The van der Waals surface area contributed by atoms with Gasteiger partial charge in [-0.3, -0.25) is 9.59 Å². The van der Waals surface area contributed by atoms with E-state index in [1.807, 2.05) is 24.3 Å². The molecule has 6 nitrogen and oxygen atoms in total. The highest BCUT2D eigenvalue weighted by atomic mass is 35.5. The highest BCUT2D eigenvalue weighted by molar-refractivity contribution is 5.99. The molecule has 0 spiro atoms. The van der Waals surface area contributed by atoms with Crippen LogP contribution in [0.1, 0.15) is 25.7 Å². The summed E-state index contributed by atoms with van der Waals surface area (Å²) in [6, 6.07) is 7.45. The molecule has 2 N–H and O–H groups in total. The highest BCUT2D eigenvalue weighted by Crippen LogP contribution is 2.27. The Balaban J connectivity index is 0.00000208. The van der Waals surface area contributed by atoms with E-state index in [4.69, 9.17) is 4.74 Å². The molecular formula is C17H24ClN3O3. The molecule has 3 rings (SSSR count). The van der Waals surface area contributed by atoms with Crippen molar-refractivity contribution in [3.63, 3.8) is 0 Å². The number of anilines is 2. The van der Waals surface area contributed by atoms with Crippen molar-refractivity contribution in [3.8, 4) is 0 Å². The third-order valence-corrected chi connectivity index (χ3v) is 4.70. The lowest BCUT2D eigenvalue weighted by molar-refractivity contribution is -0.140. The van der Waals surface area contributed by atoms with E-state index in [-0.39, 0.29) is 24.2 Å². The largest absolute Gasteiger partial charge is 0.368 e. The Morgan fingerprint density at radius 3 is 2.71 bits per heavy atom. The number of nitrogens with zero attached hydrogens (tertiary/aromatic N) is 1. The van der Waals surface area contributed by atoms with Gasteiger partial charge in [-0.1, -0.05) is 6.07 Å². The number of ether oxygens (including phenoxy) is 1. The molecule has 2 heterocycles. The Kier molecular flexibility index (Phi) is 6.21. The molecule has 2 amide bonds. The van der Waals surface area contributed by atoms with Crippen molar-refractivity contribution in [1.82, 2.24) is 5.32 Å². The van der Waals surface area contributed by atoms with Crippen LogP contribution in [-0.4, -0.2) is 44.2 Å². The van der Waals surface area contributed by atoms with E-state index in [1.165, 1.54) is 0 Å². The molecular weight excluding hydrogens is 330 g/mol. The van der Waals surface area contributed by atoms with E-state index >= 15 is 0 Å². The van der Waals surface area contributed by atoms with Crippen molar-refractivity contribution in [2.75, 3.05) is 37.0 Å². The van der Waals surface area contributed by atoms with E-state index in [0.717, 1.165) is 31.7 Å². The van der Waals surface area contributed by atoms with Crippen molar-refractivity contribution in [3.05, 3.63) is 24.3 Å². The summed E-state index contributed by atoms with van der Waals surface area (Å²) in [6.45, 7) is 2.27. The van der Waals surface area contributed by atoms with Crippen LogP contribution < -0.4 is 15.5 Å². The molecule has 24 heavy (non-hydrogen) atoms. The smallest absolute Gasteiger partial charge is 0.256 e. The summed E-state index contributed by atoms with van der Waals surface area (Å²) in [5, 5.41) is 6.19. The van der Waals surface area contributed by atoms with Crippen molar-refractivity contribution < 1.29 is 14.3 Å². The Hall–Kier alpha value is -1.63. The number of piperidine rings is 1. The maximum Gasteiger partial charge on any atom is 0.256 e. The minimum absolute atomic E-state index is 0. The average molecular weight is 354 g/mol. The maximum absolute atomic E-state index is 12.7. The summed E-state index contributed by atoms with van der Waals surface area (Å²) in [5.74, 6) is 0.0200. The van der Waals surface area contributed by atoms with E-state index < -0.39 is 5.60 Å². The topological polar surface area (TPSA) is 70.7 Å². The number of halogens is 1. The molecule has 0 bridgehead atoms. The molecule has 132 valence electrons. The summed E-state index contributed by atoms with van der Waals surface area (Å²) in [6.07, 6.45) is 2.78. The summed E-state index contributed by atoms with van der Waals surface area (Å²) < 4.78 is 5.54. The van der Waals surface area contributed by atoms with E-state index in [2.05, 4.69) is 10.6 Å². The number of nitrogens with one attached hydrogen (secondary N) is 2. The third-order valence-electron chi connectivity index (χ3n) is 4.70. The number of hydrogen-bond acceptors (Lipinski definition) is 4. The Bertz CT molecular complexity index is 602. The van der Waals surface area contributed by atoms with Gasteiger partial charge < -0.3 is 20.3 Å². The first-order chi connectivity index (χ1) is 11.1. The van der Waals surface area contributed by atoms with Gasteiger partial charge in [-0.25, -0.2) is 0 Å². The quantitative estimate of drug-likeness (QED) is 0.868. The van der Waals surface area contributed by atoms with Gasteiger partial charge in [0.15, 0.2) is 0 Å². The van der Waals surface area contributed by atoms with Crippen molar-refractivity contribution in [2.24, 2.45) is 0 Å². The van der Waals surface area contributed by atoms with Gasteiger partial charge in [-0.15, -0.1) is 12.4 Å². The predicted molar refractivity (Wildman–Crippen MR) is 95.8 cm³/mol. The lowest BCUT2D eigenvalue weighted by Crippen LogP contribution is -2.51. The highest BCUT2D eigenvalue weighted by Gasteiger charge is 2.39. The first-order valence-electron chi connectivity index (χ1n) is 8.12. The molecule has 2 aliphatic rings. The van der Waals surface area contributed by atoms with Crippen LogP contribution in [0.25, 0.3) is 0 Å². The Morgan fingerprint density at radius 1 is 1.33 bits per heavy atom. The third kappa shape index (κ3) is 3.71. The molecule has 0 radical (unpaired) electrons. The van der Waals surface area contributed by atoms with Crippen LogP contribution in [0.2, 0.25) is 0 Å². The zero-order valence-corrected chi connectivity index (χ0v) is 14.7. The first-order valence-corrected chi connectivity index (χ1v) is 8.12. The monoisotopic (exact) mass is 353 g/mol. The van der Waals surface area contributed by atoms with E-state index in [1.54, 1.807) is 12.0 Å². The van der Waals surface area contributed by atoms with Crippen LogP contribution in [0.3, 0.4) is 0 Å². The predicted octanol–water partition coefficient (Wildman–Crippen LogP) is 1.94. The molecule has 0 atom stereocenters. The Morgan fingerprint density at radius 2 is 2.08 bits per heavy atom. The molecule has 2 aliphatic heterocycles. The number of rotatable bonds is 4. The van der Waals surface area contributed by atoms with Gasteiger partial charge >= 0.3 is 0 Å². The van der Waals surface area contributed by atoms with Gasteiger partial charge in [-0.2, -0.15) is 0 Å². The fraction of sp³-hybridized carbons (Fsp3) is 0.529. The second-order valence-corrected chi connectivity index (χ2v) is 6.10. The second kappa shape index (κ2) is 7.96. The normalized spacial score (nSPS) is 19.7. The molecule has 0 saturated carbocycles. The lowest BCUT2D eigenvalue weighted by Gasteiger charge is -2.34. The fourth-order valence-electron chi connectivity index (χ4n) is 3.27. The lowest BCUT2D eigenvalue weighted by atomic mass is 9.91. The van der Waals surface area contributed by atoms with E-state index in [9.17, 15) is 9.59 Å². The standard InChI is InChI=1S/C17H23N3O3.ClH/c1-23-17(7-9-18-10-8-17)16(22)19-13-4-2-5-14(12-13)20-11-3-6-15(20)21;/h2,4-5,12,18H,3,6-11H2,1H3,(H,19,22);1H. The van der Waals surface area contributed by atoms with Crippen LogP contribution in [0.4, 0.5) is 11.4 Å². The summed E-state index contributed by atoms with van der Waals surface area (Å²) in [4.78, 5) is 26.3. The SMILES string of the molecule is COC1(C(=O)Nc2cccc(N3CCCC3=O)c2)CCNCC1.Cl. The average Bonchev–Trinajstić information content (AvgIpc) is 3.01. The zero-order chi connectivity index (χ0) is 16.3. The molecule has 0 aromatic heterocycles. The minimum Gasteiger partial charge on any atom is -0.368 e. The summed E-state index contributed by atoms with van der Waals surface area (Å²) in [7, 11) is 1.59. The molecule has 1 aromatic rings. The molecule has 0 aliphatic carbocycles. The first kappa shape index (κ1) is 18.7. The van der Waals surface area contributed by atoms with Gasteiger partial charge in [0.1, 0.15) is 5.60 Å². The second-order valence-electron chi connectivity index (χ2n) is 6.10. The molecule has 2 saturated heterocycles. The Labute approximate surface area is 148 Å². The van der Waals surface area contributed by atoms with Gasteiger partial charge in [0, 0.05) is 31.5 Å². The molecule has 1 aromatic carbocycles. The van der Waals surface area contributed by atoms with Gasteiger partial charge in [0.25, 0.3) is 5.91 Å². The summed E-state index contributed by atoms with van der Waals surface area (Å²) >= 11 is 0. The van der Waals surface area contributed by atoms with Crippen LogP contribution in [0.15, 0.2) is 24.3 Å².